The Morgan fingerprint density at radius 2 is 1.94 bits per heavy atom. The lowest BCUT2D eigenvalue weighted by Crippen LogP contribution is -2.68. The maximum Gasteiger partial charge on any atom is 0.246 e. The molecule has 1 heterocycles. The number of methoxy groups -OCH3 is 1. The fraction of sp³-hybridized carbons (Fsp3) is 0.833. The number of carbonyl (C=O) groups is 2. The highest BCUT2D eigenvalue weighted by molar-refractivity contribution is 5.99. The molecule has 6 heteroatoms. The standard InChI is InChI=1S/C12H22N2O4/c1-9-10(15)14(5-6-18-8-7-17-4)12(2,3)11(16)13-9/h9H,5-8H2,1-4H3,(H,13,16). The van der Waals surface area contributed by atoms with Gasteiger partial charge in [-0.1, -0.05) is 0 Å². The Kier molecular flexibility index (Phi) is 5.10. The average molecular weight is 258 g/mol. The minimum absolute atomic E-state index is 0.0741. The number of nitrogens with one attached hydrogen (secondary N) is 1. The molecule has 1 rings (SSSR count). The second-order valence-electron chi connectivity index (χ2n) is 4.85. The van der Waals surface area contributed by atoms with E-state index in [0.717, 1.165) is 0 Å². The number of nitrogens with zero attached hydrogens (tertiary/aromatic N) is 1. The van der Waals surface area contributed by atoms with E-state index >= 15 is 0 Å². The third-order valence-electron chi connectivity index (χ3n) is 3.11. The Morgan fingerprint density at radius 1 is 1.28 bits per heavy atom. The van der Waals surface area contributed by atoms with E-state index in [0.29, 0.717) is 26.4 Å². The van der Waals surface area contributed by atoms with E-state index in [1.165, 1.54) is 0 Å². The number of carbonyl (C=O) groups excluding carboxylic acids is 2. The molecule has 0 radical (unpaired) electrons. The third kappa shape index (κ3) is 3.20. The van der Waals surface area contributed by atoms with Gasteiger partial charge in [0.1, 0.15) is 11.6 Å². The van der Waals surface area contributed by atoms with Gasteiger partial charge in [-0.2, -0.15) is 0 Å². The third-order valence-corrected chi connectivity index (χ3v) is 3.11. The van der Waals surface area contributed by atoms with Gasteiger partial charge in [0.05, 0.1) is 19.8 Å². The lowest BCUT2D eigenvalue weighted by Gasteiger charge is -2.43. The molecule has 0 aromatic carbocycles. The molecule has 1 saturated heterocycles. The molecule has 6 nitrogen and oxygen atoms in total. The molecule has 1 fully saturated rings. The van der Waals surface area contributed by atoms with Crippen LogP contribution in [0.25, 0.3) is 0 Å². The van der Waals surface area contributed by atoms with Crippen molar-refractivity contribution in [3.63, 3.8) is 0 Å². The van der Waals surface area contributed by atoms with Gasteiger partial charge in [-0.15, -0.1) is 0 Å². The minimum Gasteiger partial charge on any atom is -0.382 e. The van der Waals surface area contributed by atoms with Crippen molar-refractivity contribution in [1.29, 1.82) is 0 Å². The zero-order chi connectivity index (χ0) is 13.8. The van der Waals surface area contributed by atoms with E-state index < -0.39 is 11.6 Å². The zero-order valence-electron chi connectivity index (χ0n) is 11.5. The van der Waals surface area contributed by atoms with Gasteiger partial charge >= 0.3 is 0 Å². The Hall–Kier alpha value is -1.14. The predicted molar refractivity (Wildman–Crippen MR) is 66.1 cm³/mol. The quantitative estimate of drug-likeness (QED) is 0.669. The van der Waals surface area contributed by atoms with Gasteiger partial charge in [0, 0.05) is 13.7 Å². The fourth-order valence-corrected chi connectivity index (χ4v) is 1.86. The second-order valence-corrected chi connectivity index (χ2v) is 4.85. The summed E-state index contributed by atoms with van der Waals surface area (Å²) in [5.74, 6) is -0.207. The van der Waals surface area contributed by atoms with Crippen molar-refractivity contribution in [2.45, 2.75) is 32.4 Å². The van der Waals surface area contributed by atoms with Crippen LogP contribution < -0.4 is 5.32 Å². The van der Waals surface area contributed by atoms with Crippen molar-refractivity contribution in [2.75, 3.05) is 33.5 Å². The summed E-state index contributed by atoms with van der Waals surface area (Å²) in [6, 6.07) is -0.468. The molecule has 0 saturated carbocycles. The summed E-state index contributed by atoms with van der Waals surface area (Å²) in [6.07, 6.45) is 0. The topological polar surface area (TPSA) is 67.9 Å². The SMILES string of the molecule is COCCOCCN1C(=O)C(C)NC(=O)C1(C)C. The second kappa shape index (κ2) is 6.15. The predicted octanol–water partition coefficient (Wildman–Crippen LogP) is -0.225. The molecule has 0 aliphatic carbocycles. The van der Waals surface area contributed by atoms with Gasteiger partial charge < -0.3 is 19.7 Å². The summed E-state index contributed by atoms with van der Waals surface area (Å²) in [5.41, 5.74) is -0.825. The van der Waals surface area contributed by atoms with E-state index in [2.05, 4.69) is 5.32 Å². The van der Waals surface area contributed by atoms with Gasteiger partial charge in [-0.25, -0.2) is 0 Å². The number of hydrogen-bond acceptors (Lipinski definition) is 4. The number of amides is 2. The summed E-state index contributed by atoms with van der Waals surface area (Å²) in [6.45, 7) is 6.98. The molecule has 18 heavy (non-hydrogen) atoms. The number of ether oxygens (including phenoxy) is 2. The van der Waals surface area contributed by atoms with Crippen LogP contribution in [0.5, 0.6) is 0 Å². The van der Waals surface area contributed by atoms with Crippen LogP contribution in [0.15, 0.2) is 0 Å². The summed E-state index contributed by atoms with van der Waals surface area (Å²) < 4.78 is 10.2. The van der Waals surface area contributed by atoms with E-state index in [1.54, 1.807) is 32.8 Å². The number of piperazine rings is 1. The molecule has 0 aromatic heterocycles. The van der Waals surface area contributed by atoms with Crippen molar-refractivity contribution >= 4 is 11.8 Å². The van der Waals surface area contributed by atoms with E-state index in [4.69, 9.17) is 9.47 Å². The number of hydrogen-bond donors (Lipinski definition) is 1. The average Bonchev–Trinajstić information content (AvgIpc) is 2.30. The summed E-state index contributed by atoms with van der Waals surface area (Å²) >= 11 is 0. The van der Waals surface area contributed by atoms with E-state index in [9.17, 15) is 9.59 Å². The van der Waals surface area contributed by atoms with Crippen molar-refractivity contribution in [3.8, 4) is 0 Å². The van der Waals surface area contributed by atoms with Crippen LogP contribution in [0.1, 0.15) is 20.8 Å². The van der Waals surface area contributed by atoms with Crippen LogP contribution in [0.4, 0.5) is 0 Å². The summed E-state index contributed by atoms with van der Waals surface area (Å²) in [5, 5.41) is 2.67. The van der Waals surface area contributed by atoms with Crippen molar-refractivity contribution in [1.82, 2.24) is 10.2 Å². The minimum atomic E-state index is -0.825. The lowest BCUT2D eigenvalue weighted by atomic mass is 9.96. The van der Waals surface area contributed by atoms with Gasteiger partial charge in [0.2, 0.25) is 11.8 Å². The lowest BCUT2D eigenvalue weighted by molar-refractivity contribution is -0.155. The van der Waals surface area contributed by atoms with Crippen LogP contribution in [0, 0.1) is 0 Å². The maximum absolute atomic E-state index is 12.0. The van der Waals surface area contributed by atoms with Gasteiger partial charge in [-0.3, -0.25) is 9.59 Å². The first-order chi connectivity index (χ1) is 8.41. The molecule has 2 amide bonds. The highest BCUT2D eigenvalue weighted by atomic mass is 16.5. The molecule has 0 bridgehead atoms. The first-order valence-corrected chi connectivity index (χ1v) is 6.10. The summed E-state index contributed by atoms with van der Waals surface area (Å²) in [4.78, 5) is 25.5. The van der Waals surface area contributed by atoms with Gasteiger partial charge in [0.15, 0.2) is 0 Å². The van der Waals surface area contributed by atoms with Gasteiger partial charge in [0.25, 0.3) is 0 Å². The Morgan fingerprint density at radius 3 is 2.56 bits per heavy atom. The van der Waals surface area contributed by atoms with Crippen LogP contribution in [0.2, 0.25) is 0 Å². The first-order valence-electron chi connectivity index (χ1n) is 6.10. The zero-order valence-corrected chi connectivity index (χ0v) is 11.5. The van der Waals surface area contributed by atoms with Crippen molar-refractivity contribution in [2.24, 2.45) is 0 Å². The molecular formula is C12H22N2O4. The van der Waals surface area contributed by atoms with Crippen LogP contribution in [-0.2, 0) is 19.1 Å². The Balaban J connectivity index is 2.54. The molecule has 1 atom stereocenters. The number of rotatable bonds is 6. The largest absolute Gasteiger partial charge is 0.382 e. The molecule has 1 aliphatic heterocycles. The summed E-state index contributed by atoms with van der Waals surface area (Å²) in [7, 11) is 1.60. The molecule has 0 aromatic rings. The Labute approximate surface area is 108 Å². The monoisotopic (exact) mass is 258 g/mol. The molecule has 1 N–H and O–H groups in total. The highest BCUT2D eigenvalue weighted by Crippen LogP contribution is 2.20. The fourth-order valence-electron chi connectivity index (χ4n) is 1.86. The van der Waals surface area contributed by atoms with Crippen molar-refractivity contribution < 1.29 is 19.1 Å². The van der Waals surface area contributed by atoms with Crippen LogP contribution in [-0.4, -0.2) is 61.8 Å². The molecule has 104 valence electrons. The molecule has 1 aliphatic rings. The van der Waals surface area contributed by atoms with Gasteiger partial charge in [-0.05, 0) is 20.8 Å². The van der Waals surface area contributed by atoms with Crippen LogP contribution >= 0.6 is 0 Å². The van der Waals surface area contributed by atoms with Crippen LogP contribution in [0.3, 0.4) is 0 Å². The molecular weight excluding hydrogens is 236 g/mol. The van der Waals surface area contributed by atoms with E-state index in [1.807, 2.05) is 0 Å². The normalized spacial score (nSPS) is 23.1. The molecule has 0 spiro atoms. The highest BCUT2D eigenvalue weighted by Gasteiger charge is 2.44. The van der Waals surface area contributed by atoms with E-state index in [-0.39, 0.29) is 11.8 Å². The first kappa shape index (κ1) is 14.9. The smallest absolute Gasteiger partial charge is 0.246 e. The Bertz CT molecular complexity index is 317. The maximum atomic E-state index is 12.0. The molecule has 1 unspecified atom stereocenters. The van der Waals surface area contributed by atoms with Crippen molar-refractivity contribution in [3.05, 3.63) is 0 Å².